The van der Waals surface area contributed by atoms with E-state index in [1.807, 2.05) is 19.1 Å². The first-order valence-corrected chi connectivity index (χ1v) is 4.55. The second kappa shape index (κ2) is 2.38. The van der Waals surface area contributed by atoms with Gasteiger partial charge in [-0.15, -0.1) is 0 Å². The van der Waals surface area contributed by atoms with Gasteiger partial charge >= 0.3 is 0 Å². The first-order valence-electron chi connectivity index (χ1n) is 4.55. The molecule has 0 amide bonds. The Morgan fingerprint density at radius 1 is 1.15 bits per heavy atom. The first-order chi connectivity index (χ1) is 6.05. The minimum Gasteiger partial charge on any atom is -0.511 e. The van der Waals surface area contributed by atoms with Crippen LogP contribution in [0.2, 0.25) is 0 Å². The summed E-state index contributed by atoms with van der Waals surface area (Å²) in [5.41, 5.74) is 3.22. The van der Waals surface area contributed by atoms with Crippen LogP contribution in [0.25, 0.3) is 5.57 Å². The molecule has 0 radical (unpaired) electrons. The van der Waals surface area contributed by atoms with E-state index in [1.165, 1.54) is 11.1 Å². The summed E-state index contributed by atoms with van der Waals surface area (Å²) in [7, 11) is 0. The lowest BCUT2D eigenvalue weighted by Crippen LogP contribution is -2.16. The summed E-state index contributed by atoms with van der Waals surface area (Å²) in [6, 6.07) is 8.18. The van der Waals surface area contributed by atoms with Crippen LogP contribution in [0.4, 0.5) is 0 Å². The number of rotatable bonds is 0. The van der Waals surface area contributed by atoms with Crippen molar-refractivity contribution in [3.05, 3.63) is 41.2 Å². The van der Waals surface area contributed by atoms with Crippen molar-refractivity contribution in [3.8, 4) is 0 Å². The molecule has 2 rings (SSSR count). The number of benzene rings is 1. The molecule has 0 saturated carbocycles. The lowest BCUT2D eigenvalue weighted by atomic mass is 9.86. The molecule has 0 unspecified atom stereocenters. The Morgan fingerprint density at radius 2 is 1.77 bits per heavy atom. The van der Waals surface area contributed by atoms with Crippen LogP contribution >= 0.6 is 0 Å². The van der Waals surface area contributed by atoms with Crippen molar-refractivity contribution in [1.29, 1.82) is 0 Å². The van der Waals surface area contributed by atoms with E-state index in [0.29, 0.717) is 5.76 Å². The average Bonchev–Trinajstić information content (AvgIpc) is 2.30. The predicted octanol–water partition coefficient (Wildman–Crippen LogP) is 3.27. The van der Waals surface area contributed by atoms with Crippen molar-refractivity contribution in [1.82, 2.24) is 0 Å². The van der Waals surface area contributed by atoms with E-state index in [9.17, 15) is 5.11 Å². The summed E-state index contributed by atoms with van der Waals surface area (Å²) in [4.78, 5) is 0. The number of aliphatic hydroxyl groups excluding tert-OH is 1. The molecule has 1 heteroatoms. The molecule has 68 valence electrons. The second-order valence-corrected chi connectivity index (χ2v) is 4.14. The standard InChI is InChI=1S/C12H14O/c1-8-9-6-4-5-7-10(9)12(2,3)11(8)13/h4-7,13H,1-3H3. The number of hydrogen-bond donors (Lipinski definition) is 1. The topological polar surface area (TPSA) is 20.2 Å². The highest BCUT2D eigenvalue weighted by Crippen LogP contribution is 2.44. The minimum absolute atomic E-state index is 0.208. The highest BCUT2D eigenvalue weighted by Gasteiger charge is 2.35. The summed E-state index contributed by atoms with van der Waals surface area (Å²) in [5.74, 6) is 0.508. The van der Waals surface area contributed by atoms with Gasteiger partial charge in [-0.2, -0.15) is 0 Å². The lowest BCUT2D eigenvalue weighted by Gasteiger charge is -2.19. The van der Waals surface area contributed by atoms with Gasteiger partial charge in [-0.1, -0.05) is 24.3 Å². The number of fused-ring (bicyclic) bond motifs is 1. The minimum atomic E-state index is -0.208. The Kier molecular flexibility index (Phi) is 1.53. The summed E-state index contributed by atoms with van der Waals surface area (Å²) in [5, 5.41) is 9.93. The van der Waals surface area contributed by atoms with Gasteiger partial charge in [0, 0.05) is 5.41 Å². The number of aliphatic hydroxyl groups is 1. The molecule has 13 heavy (non-hydrogen) atoms. The van der Waals surface area contributed by atoms with Crippen LogP contribution in [0.3, 0.4) is 0 Å². The summed E-state index contributed by atoms with van der Waals surface area (Å²) in [6.07, 6.45) is 0. The Labute approximate surface area is 78.7 Å². The third-order valence-electron chi connectivity index (χ3n) is 2.95. The smallest absolute Gasteiger partial charge is 0.106 e. The highest BCUT2D eigenvalue weighted by atomic mass is 16.3. The van der Waals surface area contributed by atoms with Crippen LogP contribution in [0.5, 0.6) is 0 Å². The molecule has 0 fully saturated rings. The van der Waals surface area contributed by atoms with Crippen molar-refractivity contribution < 1.29 is 5.11 Å². The molecular weight excluding hydrogens is 160 g/mol. The Morgan fingerprint density at radius 3 is 2.38 bits per heavy atom. The molecule has 0 bridgehead atoms. The van der Waals surface area contributed by atoms with E-state index < -0.39 is 0 Å². The van der Waals surface area contributed by atoms with E-state index in [-0.39, 0.29) is 5.41 Å². The van der Waals surface area contributed by atoms with Crippen LogP contribution in [0.15, 0.2) is 30.0 Å². The molecule has 1 aromatic rings. The second-order valence-electron chi connectivity index (χ2n) is 4.14. The van der Waals surface area contributed by atoms with Gasteiger partial charge < -0.3 is 5.11 Å². The van der Waals surface area contributed by atoms with Gasteiger partial charge in [-0.25, -0.2) is 0 Å². The Bertz CT molecular complexity index is 386. The van der Waals surface area contributed by atoms with Crippen LogP contribution < -0.4 is 0 Å². The summed E-state index contributed by atoms with van der Waals surface area (Å²) in [6.45, 7) is 6.08. The number of hydrogen-bond acceptors (Lipinski definition) is 1. The molecule has 1 nitrogen and oxygen atoms in total. The van der Waals surface area contributed by atoms with Crippen LogP contribution in [0.1, 0.15) is 31.9 Å². The van der Waals surface area contributed by atoms with Gasteiger partial charge in [0.15, 0.2) is 0 Å². The van der Waals surface area contributed by atoms with Gasteiger partial charge in [0.05, 0.1) is 0 Å². The maximum absolute atomic E-state index is 9.93. The van der Waals surface area contributed by atoms with Crippen molar-refractivity contribution >= 4 is 5.57 Å². The van der Waals surface area contributed by atoms with E-state index in [0.717, 1.165) is 5.57 Å². The molecule has 1 aliphatic carbocycles. The lowest BCUT2D eigenvalue weighted by molar-refractivity contribution is 0.330. The van der Waals surface area contributed by atoms with Crippen LogP contribution in [-0.4, -0.2) is 5.11 Å². The highest BCUT2D eigenvalue weighted by molar-refractivity contribution is 5.76. The fourth-order valence-corrected chi connectivity index (χ4v) is 2.08. The molecule has 0 aromatic heterocycles. The van der Waals surface area contributed by atoms with Crippen molar-refractivity contribution in [3.63, 3.8) is 0 Å². The summed E-state index contributed by atoms with van der Waals surface area (Å²) >= 11 is 0. The van der Waals surface area contributed by atoms with Gasteiger partial charge in [0.2, 0.25) is 0 Å². The van der Waals surface area contributed by atoms with E-state index in [2.05, 4.69) is 26.0 Å². The summed E-state index contributed by atoms with van der Waals surface area (Å²) < 4.78 is 0. The molecule has 1 N–H and O–H groups in total. The molecule has 0 spiro atoms. The van der Waals surface area contributed by atoms with E-state index in [1.54, 1.807) is 0 Å². The molecular formula is C12H14O. The van der Waals surface area contributed by atoms with E-state index >= 15 is 0 Å². The molecule has 0 atom stereocenters. The van der Waals surface area contributed by atoms with Gasteiger partial charge in [-0.05, 0) is 37.5 Å². The third-order valence-corrected chi connectivity index (χ3v) is 2.95. The fourth-order valence-electron chi connectivity index (χ4n) is 2.08. The Hall–Kier alpha value is -1.24. The van der Waals surface area contributed by atoms with Crippen molar-refractivity contribution in [2.45, 2.75) is 26.2 Å². The predicted molar refractivity (Wildman–Crippen MR) is 54.7 cm³/mol. The largest absolute Gasteiger partial charge is 0.511 e. The van der Waals surface area contributed by atoms with Gasteiger partial charge in [-0.3, -0.25) is 0 Å². The molecule has 1 aliphatic rings. The fraction of sp³-hybridized carbons (Fsp3) is 0.333. The van der Waals surface area contributed by atoms with Crippen LogP contribution in [-0.2, 0) is 5.41 Å². The molecule has 0 heterocycles. The first kappa shape index (κ1) is 8.36. The maximum atomic E-state index is 9.93. The SMILES string of the molecule is CC1=C(O)C(C)(C)c2ccccc21. The van der Waals surface area contributed by atoms with Gasteiger partial charge in [0.25, 0.3) is 0 Å². The number of allylic oxidation sites excluding steroid dienone is 2. The molecule has 0 saturated heterocycles. The maximum Gasteiger partial charge on any atom is 0.106 e. The zero-order valence-corrected chi connectivity index (χ0v) is 8.26. The van der Waals surface area contributed by atoms with Crippen LogP contribution in [0, 0.1) is 0 Å². The zero-order valence-electron chi connectivity index (χ0n) is 8.26. The van der Waals surface area contributed by atoms with Crippen molar-refractivity contribution in [2.24, 2.45) is 0 Å². The molecule has 0 aliphatic heterocycles. The molecule has 1 aromatic carbocycles. The normalized spacial score (nSPS) is 19.0. The van der Waals surface area contributed by atoms with E-state index in [4.69, 9.17) is 0 Å². The Balaban J connectivity index is 2.74. The quantitative estimate of drug-likeness (QED) is 0.640. The van der Waals surface area contributed by atoms with Crippen molar-refractivity contribution in [2.75, 3.05) is 0 Å². The zero-order chi connectivity index (χ0) is 9.64. The van der Waals surface area contributed by atoms with Gasteiger partial charge in [0.1, 0.15) is 5.76 Å². The third kappa shape index (κ3) is 0.932. The monoisotopic (exact) mass is 174 g/mol. The average molecular weight is 174 g/mol.